The van der Waals surface area contributed by atoms with Crippen molar-refractivity contribution in [2.24, 2.45) is 0 Å². The van der Waals surface area contributed by atoms with Gasteiger partial charge in [-0.1, -0.05) is 127 Å². The standard InChI is InChI=1S/C51H32N4/c1-2-12-35(13-3-1)50-54-48(30-49(55-50)40-24-25-47(53-32-40)39-16-10-26-52-31-39)38-23-22-34-21-20-33-11-6-8-18-43(33)51(45(34)29-38)44-19-9-7-17-41(44)42-27-36-14-4-5-15-37(36)28-46(42)51/h1-32H. The van der Waals surface area contributed by atoms with Gasteiger partial charge in [0.2, 0.25) is 0 Å². The van der Waals surface area contributed by atoms with E-state index in [1.54, 1.807) is 6.20 Å². The van der Waals surface area contributed by atoms with E-state index in [1.165, 1.54) is 55.3 Å². The van der Waals surface area contributed by atoms with Crippen molar-refractivity contribution in [1.29, 1.82) is 0 Å². The number of hydrogen-bond acceptors (Lipinski definition) is 4. The second-order valence-corrected chi connectivity index (χ2v) is 14.3. The van der Waals surface area contributed by atoms with E-state index in [1.807, 2.05) is 48.8 Å². The van der Waals surface area contributed by atoms with E-state index in [2.05, 4.69) is 145 Å². The van der Waals surface area contributed by atoms with E-state index < -0.39 is 5.41 Å². The SMILES string of the molecule is C1=Cc2ccc(-c3cc(-c4ccc(-c5cccnc5)nc4)nc(-c4ccccc4)n3)cc2C2(c3ccccc31)c1ccccc1-c1cc3ccccc3cc12. The number of nitrogens with zero attached hydrogens (tertiary/aromatic N) is 4. The molecule has 0 saturated carbocycles. The molecule has 0 amide bonds. The second-order valence-electron chi connectivity index (χ2n) is 14.3. The van der Waals surface area contributed by atoms with Crippen molar-refractivity contribution in [2.75, 3.05) is 0 Å². The van der Waals surface area contributed by atoms with Gasteiger partial charge < -0.3 is 0 Å². The van der Waals surface area contributed by atoms with Gasteiger partial charge in [-0.25, -0.2) is 9.97 Å². The summed E-state index contributed by atoms with van der Waals surface area (Å²) in [5.74, 6) is 0.669. The Morgan fingerprint density at radius 2 is 1.05 bits per heavy atom. The molecular formula is C51H32N4. The molecule has 4 heteroatoms. The van der Waals surface area contributed by atoms with Gasteiger partial charge in [-0.05, 0) is 104 Å². The molecule has 9 aromatic rings. The van der Waals surface area contributed by atoms with Gasteiger partial charge in [-0.15, -0.1) is 0 Å². The minimum atomic E-state index is -0.564. The van der Waals surface area contributed by atoms with E-state index in [9.17, 15) is 0 Å². The van der Waals surface area contributed by atoms with Gasteiger partial charge in [-0.3, -0.25) is 9.97 Å². The highest BCUT2D eigenvalue weighted by Gasteiger charge is 2.48. The summed E-state index contributed by atoms with van der Waals surface area (Å²) in [6.07, 6.45) is 10.1. The minimum Gasteiger partial charge on any atom is -0.264 e. The number of aromatic nitrogens is 4. The minimum absolute atomic E-state index is 0.564. The molecule has 4 nitrogen and oxygen atoms in total. The van der Waals surface area contributed by atoms with Gasteiger partial charge >= 0.3 is 0 Å². The number of pyridine rings is 2. The summed E-state index contributed by atoms with van der Waals surface area (Å²) in [7, 11) is 0. The topological polar surface area (TPSA) is 51.6 Å². The van der Waals surface area contributed by atoms with Crippen LogP contribution in [0.5, 0.6) is 0 Å². The first-order chi connectivity index (χ1) is 27.2. The number of fused-ring (bicyclic) bond motifs is 10. The lowest BCUT2D eigenvalue weighted by atomic mass is 9.65. The first-order valence-electron chi connectivity index (χ1n) is 18.6. The predicted octanol–water partition coefficient (Wildman–Crippen LogP) is 11.9. The van der Waals surface area contributed by atoms with E-state index in [4.69, 9.17) is 15.0 Å². The summed E-state index contributed by atoms with van der Waals surface area (Å²) in [6, 6.07) is 58.7. The molecule has 2 aliphatic rings. The van der Waals surface area contributed by atoms with Gasteiger partial charge in [0.25, 0.3) is 0 Å². The maximum absolute atomic E-state index is 5.27. The Kier molecular flexibility index (Phi) is 7.04. The largest absolute Gasteiger partial charge is 0.264 e. The zero-order valence-corrected chi connectivity index (χ0v) is 29.8. The lowest BCUT2D eigenvalue weighted by Crippen LogP contribution is -2.30. The molecule has 0 N–H and O–H groups in total. The lowest BCUT2D eigenvalue weighted by molar-refractivity contribution is 0.767. The van der Waals surface area contributed by atoms with Crippen LogP contribution in [-0.4, -0.2) is 19.9 Å². The number of rotatable bonds is 4. The number of benzene rings is 6. The monoisotopic (exact) mass is 700 g/mol. The Hall–Kier alpha value is -7.30. The maximum Gasteiger partial charge on any atom is 0.160 e. The third kappa shape index (κ3) is 4.92. The quantitative estimate of drug-likeness (QED) is 0.183. The Bertz CT molecular complexity index is 2970. The summed E-state index contributed by atoms with van der Waals surface area (Å²) < 4.78 is 0. The van der Waals surface area contributed by atoms with Crippen molar-refractivity contribution < 1.29 is 0 Å². The molecule has 3 heterocycles. The molecule has 2 aliphatic carbocycles. The van der Waals surface area contributed by atoms with Crippen molar-refractivity contribution in [1.82, 2.24) is 19.9 Å². The van der Waals surface area contributed by atoms with Crippen LogP contribution in [0, 0.1) is 0 Å². The van der Waals surface area contributed by atoms with Crippen molar-refractivity contribution in [3.8, 4) is 56.3 Å². The zero-order valence-electron chi connectivity index (χ0n) is 29.8. The van der Waals surface area contributed by atoms with Gasteiger partial charge in [0.1, 0.15) is 0 Å². The van der Waals surface area contributed by atoms with Crippen LogP contribution in [0.1, 0.15) is 33.4 Å². The molecular weight excluding hydrogens is 669 g/mol. The summed E-state index contributed by atoms with van der Waals surface area (Å²) >= 11 is 0. The van der Waals surface area contributed by atoms with Crippen LogP contribution in [0.2, 0.25) is 0 Å². The zero-order chi connectivity index (χ0) is 36.3. The Morgan fingerprint density at radius 3 is 1.85 bits per heavy atom. The van der Waals surface area contributed by atoms with Crippen molar-refractivity contribution in [3.05, 3.63) is 216 Å². The van der Waals surface area contributed by atoms with Gasteiger partial charge in [0, 0.05) is 40.8 Å². The average molecular weight is 701 g/mol. The fourth-order valence-corrected chi connectivity index (χ4v) is 8.73. The lowest BCUT2D eigenvalue weighted by Gasteiger charge is -2.35. The molecule has 256 valence electrons. The van der Waals surface area contributed by atoms with Gasteiger partial charge in [0.15, 0.2) is 5.82 Å². The first kappa shape index (κ1) is 31.2. The Balaban J connectivity index is 1.16. The molecule has 6 aromatic carbocycles. The first-order valence-corrected chi connectivity index (χ1v) is 18.6. The molecule has 3 aromatic heterocycles. The fourth-order valence-electron chi connectivity index (χ4n) is 8.73. The van der Waals surface area contributed by atoms with Crippen molar-refractivity contribution in [3.63, 3.8) is 0 Å². The van der Waals surface area contributed by atoms with Crippen LogP contribution in [0.15, 0.2) is 182 Å². The molecule has 1 spiro atoms. The van der Waals surface area contributed by atoms with E-state index >= 15 is 0 Å². The normalized spacial score (nSPS) is 14.9. The summed E-state index contributed by atoms with van der Waals surface area (Å²) in [4.78, 5) is 19.5. The van der Waals surface area contributed by atoms with E-state index in [-0.39, 0.29) is 0 Å². The van der Waals surface area contributed by atoms with Gasteiger partial charge in [0.05, 0.1) is 22.5 Å². The second kappa shape index (κ2) is 12.4. The third-order valence-corrected chi connectivity index (χ3v) is 11.2. The Morgan fingerprint density at radius 1 is 0.382 bits per heavy atom. The van der Waals surface area contributed by atoms with E-state index in [0.29, 0.717) is 5.82 Å². The smallest absolute Gasteiger partial charge is 0.160 e. The van der Waals surface area contributed by atoms with Crippen LogP contribution < -0.4 is 0 Å². The Labute approximate surface area is 319 Å². The molecule has 0 bridgehead atoms. The van der Waals surface area contributed by atoms with Crippen LogP contribution in [-0.2, 0) is 5.41 Å². The van der Waals surface area contributed by atoms with Crippen molar-refractivity contribution >= 4 is 22.9 Å². The van der Waals surface area contributed by atoms with Crippen LogP contribution in [0.25, 0.3) is 79.2 Å². The predicted molar refractivity (Wildman–Crippen MR) is 223 cm³/mol. The van der Waals surface area contributed by atoms with Gasteiger partial charge in [-0.2, -0.15) is 0 Å². The maximum atomic E-state index is 5.27. The summed E-state index contributed by atoms with van der Waals surface area (Å²) in [5.41, 5.74) is 15.9. The van der Waals surface area contributed by atoms with Crippen LogP contribution >= 0.6 is 0 Å². The molecule has 1 atom stereocenters. The molecule has 0 radical (unpaired) electrons. The highest BCUT2D eigenvalue weighted by atomic mass is 14.9. The third-order valence-electron chi connectivity index (χ3n) is 11.2. The molecule has 55 heavy (non-hydrogen) atoms. The van der Waals surface area contributed by atoms with Crippen LogP contribution in [0.3, 0.4) is 0 Å². The average Bonchev–Trinajstić information content (AvgIpc) is 3.45. The van der Waals surface area contributed by atoms with E-state index in [0.717, 1.165) is 39.3 Å². The summed E-state index contributed by atoms with van der Waals surface area (Å²) in [6.45, 7) is 0. The molecule has 1 unspecified atom stereocenters. The highest BCUT2D eigenvalue weighted by molar-refractivity contribution is 5.98. The molecule has 0 fully saturated rings. The summed E-state index contributed by atoms with van der Waals surface area (Å²) in [5, 5.41) is 2.48. The fraction of sp³-hybridized carbons (Fsp3) is 0.0196. The number of hydrogen-bond donors (Lipinski definition) is 0. The molecule has 11 rings (SSSR count). The molecule has 0 aliphatic heterocycles. The highest BCUT2D eigenvalue weighted by Crippen LogP contribution is 2.59. The van der Waals surface area contributed by atoms with Crippen LogP contribution in [0.4, 0.5) is 0 Å². The molecule has 0 saturated heterocycles. The van der Waals surface area contributed by atoms with Crippen molar-refractivity contribution in [2.45, 2.75) is 5.41 Å².